The Morgan fingerprint density at radius 2 is 2.17 bits per heavy atom. The van der Waals surface area contributed by atoms with Crippen molar-refractivity contribution in [2.24, 2.45) is 5.92 Å². The molecule has 7 heteroatoms. The summed E-state index contributed by atoms with van der Waals surface area (Å²) in [6, 6.07) is -0.407. The van der Waals surface area contributed by atoms with E-state index in [2.05, 4.69) is 15.3 Å². The van der Waals surface area contributed by atoms with E-state index in [1.807, 2.05) is 13.8 Å². The number of H-pyrrole nitrogens is 1. The average molecular weight is 255 g/mol. The van der Waals surface area contributed by atoms with Crippen LogP contribution in [0.1, 0.15) is 41.2 Å². The molecule has 1 unspecified atom stereocenters. The minimum atomic E-state index is -1.25. The molecule has 0 aliphatic carbocycles. The van der Waals surface area contributed by atoms with Crippen LogP contribution in [0.2, 0.25) is 0 Å². The van der Waals surface area contributed by atoms with Gasteiger partial charge in [0, 0.05) is 0 Å². The van der Waals surface area contributed by atoms with Crippen molar-refractivity contribution >= 4 is 11.9 Å². The molecule has 1 aromatic rings. The third kappa shape index (κ3) is 3.56. The highest BCUT2D eigenvalue weighted by Gasteiger charge is 2.22. The highest BCUT2D eigenvalue weighted by molar-refractivity contribution is 6.02. The van der Waals surface area contributed by atoms with Gasteiger partial charge in [-0.25, -0.2) is 9.78 Å². The number of carboxylic acid groups (broad SMARTS) is 1. The number of rotatable bonds is 6. The van der Waals surface area contributed by atoms with E-state index in [1.54, 1.807) is 0 Å². The summed E-state index contributed by atoms with van der Waals surface area (Å²) in [5, 5.41) is 20.5. The molecule has 0 spiro atoms. The lowest BCUT2D eigenvalue weighted by Gasteiger charge is -2.17. The van der Waals surface area contributed by atoms with Gasteiger partial charge in [-0.15, -0.1) is 0 Å². The minimum Gasteiger partial charge on any atom is -0.477 e. The first-order valence-corrected chi connectivity index (χ1v) is 5.64. The first kappa shape index (κ1) is 14.2. The SMILES string of the molecule is CC(C)CC(CO)NC(=O)c1nc[nH]c1C(=O)O. The molecule has 0 bridgehead atoms. The molecule has 0 aromatic carbocycles. The van der Waals surface area contributed by atoms with E-state index < -0.39 is 17.9 Å². The molecule has 0 radical (unpaired) electrons. The Labute approximate surface area is 104 Å². The third-order valence-electron chi connectivity index (χ3n) is 2.38. The molecule has 100 valence electrons. The van der Waals surface area contributed by atoms with Gasteiger partial charge in [0.25, 0.3) is 5.91 Å². The standard InChI is InChI=1S/C11H17N3O4/c1-6(2)3-7(4-15)14-10(16)8-9(11(17)18)13-5-12-8/h5-7,15H,3-4H2,1-2H3,(H,12,13)(H,14,16)(H,17,18). The van der Waals surface area contributed by atoms with Gasteiger partial charge in [-0.05, 0) is 12.3 Å². The van der Waals surface area contributed by atoms with Crippen molar-refractivity contribution in [3.05, 3.63) is 17.7 Å². The van der Waals surface area contributed by atoms with Crippen molar-refractivity contribution in [2.75, 3.05) is 6.61 Å². The molecule has 1 rings (SSSR count). The van der Waals surface area contributed by atoms with Gasteiger partial charge in [0.1, 0.15) is 0 Å². The fourth-order valence-electron chi connectivity index (χ4n) is 1.63. The van der Waals surface area contributed by atoms with Gasteiger partial charge in [0.2, 0.25) is 0 Å². The summed E-state index contributed by atoms with van der Waals surface area (Å²) in [7, 11) is 0. The number of hydrogen-bond donors (Lipinski definition) is 4. The number of imidazole rings is 1. The summed E-state index contributed by atoms with van der Waals surface area (Å²) in [5.41, 5.74) is -0.432. The van der Waals surface area contributed by atoms with E-state index in [0.29, 0.717) is 12.3 Å². The van der Waals surface area contributed by atoms with E-state index in [-0.39, 0.29) is 18.0 Å². The molecule has 0 saturated heterocycles. The van der Waals surface area contributed by atoms with Crippen molar-refractivity contribution in [1.82, 2.24) is 15.3 Å². The van der Waals surface area contributed by atoms with Crippen molar-refractivity contribution in [3.63, 3.8) is 0 Å². The maximum atomic E-state index is 11.8. The summed E-state index contributed by atoms with van der Waals surface area (Å²) in [6.45, 7) is 3.73. The molecule has 0 fully saturated rings. The Balaban J connectivity index is 2.75. The topological polar surface area (TPSA) is 115 Å². The van der Waals surface area contributed by atoms with Crippen LogP contribution >= 0.6 is 0 Å². The Morgan fingerprint density at radius 3 is 2.67 bits per heavy atom. The summed E-state index contributed by atoms with van der Waals surface area (Å²) < 4.78 is 0. The van der Waals surface area contributed by atoms with Gasteiger partial charge in [-0.3, -0.25) is 4.79 Å². The first-order chi connectivity index (χ1) is 8.45. The van der Waals surface area contributed by atoms with E-state index in [1.165, 1.54) is 0 Å². The van der Waals surface area contributed by atoms with E-state index in [4.69, 9.17) is 10.2 Å². The van der Waals surface area contributed by atoms with Crippen LogP contribution in [-0.4, -0.2) is 44.7 Å². The monoisotopic (exact) mass is 255 g/mol. The number of carbonyl (C=O) groups excluding carboxylic acids is 1. The number of aromatic carboxylic acids is 1. The molecule has 1 aromatic heterocycles. The predicted octanol–water partition coefficient (Wildman–Crippen LogP) is 0.245. The maximum Gasteiger partial charge on any atom is 0.354 e. The average Bonchev–Trinajstić information content (AvgIpc) is 2.76. The molecule has 1 heterocycles. The van der Waals surface area contributed by atoms with Crippen LogP contribution in [0.4, 0.5) is 0 Å². The lowest BCUT2D eigenvalue weighted by Crippen LogP contribution is -2.39. The maximum absolute atomic E-state index is 11.8. The highest BCUT2D eigenvalue weighted by atomic mass is 16.4. The zero-order valence-corrected chi connectivity index (χ0v) is 10.3. The number of amides is 1. The second kappa shape index (κ2) is 6.15. The number of nitrogens with one attached hydrogen (secondary N) is 2. The van der Waals surface area contributed by atoms with Crippen LogP contribution in [0.5, 0.6) is 0 Å². The molecule has 1 atom stereocenters. The quantitative estimate of drug-likeness (QED) is 0.581. The Bertz CT molecular complexity index is 428. The van der Waals surface area contributed by atoms with Crippen molar-refractivity contribution in [3.8, 4) is 0 Å². The summed E-state index contributed by atoms with van der Waals surface area (Å²) in [4.78, 5) is 28.7. The summed E-state index contributed by atoms with van der Waals surface area (Å²) in [6.07, 6.45) is 1.75. The Morgan fingerprint density at radius 1 is 1.50 bits per heavy atom. The summed E-state index contributed by atoms with van der Waals surface area (Å²) in [5.74, 6) is -1.55. The van der Waals surface area contributed by atoms with E-state index in [0.717, 1.165) is 6.33 Å². The van der Waals surface area contributed by atoms with Crippen LogP contribution < -0.4 is 5.32 Å². The molecule has 1 amide bonds. The number of hydrogen-bond acceptors (Lipinski definition) is 4. The van der Waals surface area contributed by atoms with E-state index >= 15 is 0 Å². The first-order valence-electron chi connectivity index (χ1n) is 5.64. The van der Waals surface area contributed by atoms with Crippen molar-refractivity contribution < 1.29 is 19.8 Å². The van der Waals surface area contributed by atoms with Crippen LogP contribution in [0.15, 0.2) is 6.33 Å². The van der Waals surface area contributed by atoms with Gasteiger partial charge < -0.3 is 20.5 Å². The fraction of sp³-hybridized carbons (Fsp3) is 0.545. The number of aromatic nitrogens is 2. The van der Waals surface area contributed by atoms with Gasteiger partial charge in [-0.2, -0.15) is 0 Å². The molecular weight excluding hydrogens is 238 g/mol. The molecule has 18 heavy (non-hydrogen) atoms. The second-order valence-electron chi connectivity index (χ2n) is 4.41. The normalized spacial score (nSPS) is 12.4. The summed E-state index contributed by atoms with van der Waals surface area (Å²) >= 11 is 0. The third-order valence-corrected chi connectivity index (χ3v) is 2.38. The van der Waals surface area contributed by atoms with Gasteiger partial charge in [0.05, 0.1) is 19.0 Å². The minimum absolute atomic E-state index is 0.176. The van der Waals surface area contributed by atoms with Crippen molar-refractivity contribution in [1.29, 1.82) is 0 Å². The molecule has 4 N–H and O–H groups in total. The smallest absolute Gasteiger partial charge is 0.354 e. The zero-order valence-electron chi connectivity index (χ0n) is 10.3. The molecule has 7 nitrogen and oxygen atoms in total. The molecule has 0 saturated carbocycles. The van der Waals surface area contributed by atoms with E-state index in [9.17, 15) is 9.59 Å². The number of aliphatic hydroxyl groups excluding tert-OH is 1. The fourth-order valence-corrected chi connectivity index (χ4v) is 1.63. The number of carbonyl (C=O) groups is 2. The Hall–Kier alpha value is -1.89. The van der Waals surface area contributed by atoms with Crippen LogP contribution in [-0.2, 0) is 0 Å². The predicted molar refractivity (Wildman–Crippen MR) is 63.3 cm³/mol. The number of aromatic amines is 1. The molecule has 0 aliphatic heterocycles. The molecule has 0 aliphatic rings. The van der Waals surface area contributed by atoms with Crippen molar-refractivity contribution in [2.45, 2.75) is 26.3 Å². The number of nitrogens with zero attached hydrogens (tertiary/aromatic N) is 1. The largest absolute Gasteiger partial charge is 0.477 e. The van der Waals surface area contributed by atoms with Gasteiger partial charge in [0.15, 0.2) is 11.4 Å². The lowest BCUT2D eigenvalue weighted by molar-refractivity contribution is 0.0683. The Kier molecular flexibility index (Phi) is 4.85. The zero-order chi connectivity index (χ0) is 13.7. The van der Waals surface area contributed by atoms with Crippen LogP contribution in [0.25, 0.3) is 0 Å². The number of aliphatic hydroxyl groups is 1. The van der Waals surface area contributed by atoms with Crippen LogP contribution in [0.3, 0.4) is 0 Å². The second-order valence-corrected chi connectivity index (χ2v) is 4.41. The highest BCUT2D eigenvalue weighted by Crippen LogP contribution is 2.07. The molecular formula is C11H17N3O4. The van der Waals surface area contributed by atoms with Crippen LogP contribution in [0, 0.1) is 5.92 Å². The van der Waals surface area contributed by atoms with Gasteiger partial charge in [-0.1, -0.05) is 13.8 Å². The van der Waals surface area contributed by atoms with Gasteiger partial charge >= 0.3 is 5.97 Å². The number of carboxylic acids is 1. The lowest BCUT2D eigenvalue weighted by atomic mass is 10.0.